The average Bonchev–Trinajstić information content (AvgIpc) is 3.25. The first kappa shape index (κ1) is 18.3. The minimum atomic E-state index is -0.0133. The number of rotatable bonds is 3. The lowest BCUT2D eigenvalue weighted by molar-refractivity contribution is 0.664. The SMILES string of the molecule is Cc1cc(C)cc(-n2cc3c(c2-c2ccccc2)c(=O)n(-c2ccccc2)n3C)c1. The van der Waals surface area contributed by atoms with Gasteiger partial charge in [-0.05, 0) is 54.8 Å². The lowest BCUT2D eigenvalue weighted by Gasteiger charge is -2.13. The molecule has 4 heteroatoms. The lowest BCUT2D eigenvalue weighted by atomic mass is 10.1. The predicted molar refractivity (Wildman–Crippen MR) is 123 cm³/mol. The van der Waals surface area contributed by atoms with E-state index < -0.39 is 0 Å². The minimum Gasteiger partial charge on any atom is -0.314 e. The van der Waals surface area contributed by atoms with Gasteiger partial charge in [-0.15, -0.1) is 0 Å². The van der Waals surface area contributed by atoms with Gasteiger partial charge in [0.2, 0.25) is 0 Å². The summed E-state index contributed by atoms with van der Waals surface area (Å²) >= 11 is 0. The number of aryl methyl sites for hydroxylation is 3. The topological polar surface area (TPSA) is 31.9 Å². The molecule has 0 saturated carbocycles. The van der Waals surface area contributed by atoms with E-state index in [9.17, 15) is 4.79 Å². The zero-order chi connectivity index (χ0) is 20.8. The molecule has 0 saturated heterocycles. The highest BCUT2D eigenvalue weighted by molar-refractivity contribution is 5.95. The standard InChI is InChI=1S/C26H23N3O/c1-18-14-19(2)16-22(15-18)28-17-23-24(25(28)20-10-6-4-7-11-20)26(30)29(27(23)3)21-12-8-5-9-13-21/h4-17H,1-3H3. The van der Waals surface area contributed by atoms with Crippen LogP contribution in [0.15, 0.2) is 89.9 Å². The van der Waals surface area contributed by atoms with Gasteiger partial charge in [0, 0.05) is 18.9 Å². The second-order valence-corrected chi connectivity index (χ2v) is 7.80. The molecule has 0 aliphatic carbocycles. The molecular weight excluding hydrogens is 370 g/mol. The molecule has 0 fully saturated rings. The highest BCUT2D eigenvalue weighted by atomic mass is 16.1. The van der Waals surface area contributed by atoms with Crippen LogP contribution in [0.25, 0.3) is 33.5 Å². The molecule has 0 aliphatic heterocycles. The summed E-state index contributed by atoms with van der Waals surface area (Å²) in [4.78, 5) is 13.7. The molecule has 2 heterocycles. The van der Waals surface area contributed by atoms with Crippen molar-refractivity contribution < 1.29 is 0 Å². The second-order valence-electron chi connectivity index (χ2n) is 7.80. The third-order valence-corrected chi connectivity index (χ3v) is 5.57. The van der Waals surface area contributed by atoms with Crippen LogP contribution in [-0.4, -0.2) is 13.9 Å². The van der Waals surface area contributed by atoms with E-state index in [1.165, 1.54) is 11.1 Å². The molecule has 5 rings (SSSR count). The molecule has 3 aromatic carbocycles. The maximum absolute atomic E-state index is 13.7. The Bertz CT molecular complexity index is 1400. The van der Waals surface area contributed by atoms with Gasteiger partial charge in [0.05, 0.1) is 22.3 Å². The largest absolute Gasteiger partial charge is 0.314 e. The molecule has 2 aromatic heterocycles. The summed E-state index contributed by atoms with van der Waals surface area (Å²) < 4.78 is 5.83. The van der Waals surface area contributed by atoms with Crippen molar-refractivity contribution in [2.45, 2.75) is 13.8 Å². The van der Waals surface area contributed by atoms with Crippen molar-refractivity contribution in [3.8, 4) is 22.6 Å². The first-order chi connectivity index (χ1) is 14.5. The van der Waals surface area contributed by atoms with Crippen molar-refractivity contribution in [2.75, 3.05) is 0 Å². The molecule has 0 aliphatic rings. The summed E-state index contributed by atoms with van der Waals surface area (Å²) in [6, 6.07) is 26.4. The van der Waals surface area contributed by atoms with Crippen LogP contribution in [0.2, 0.25) is 0 Å². The Balaban J connectivity index is 1.89. The number of nitrogens with zero attached hydrogens (tertiary/aromatic N) is 3. The first-order valence-corrected chi connectivity index (χ1v) is 10.1. The Morgan fingerprint density at radius 3 is 1.97 bits per heavy atom. The fraction of sp³-hybridized carbons (Fsp3) is 0.115. The molecule has 0 unspecified atom stereocenters. The Kier molecular flexibility index (Phi) is 4.21. The van der Waals surface area contributed by atoms with Crippen LogP contribution in [0.5, 0.6) is 0 Å². The fourth-order valence-corrected chi connectivity index (χ4v) is 4.33. The maximum Gasteiger partial charge on any atom is 0.281 e. The van der Waals surface area contributed by atoms with E-state index in [1.807, 2.05) is 60.3 Å². The summed E-state index contributed by atoms with van der Waals surface area (Å²) in [6.45, 7) is 4.20. The van der Waals surface area contributed by atoms with Crippen LogP contribution in [-0.2, 0) is 7.05 Å². The number of fused-ring (bicyclic) bond motifs is 1. The van der Waals surface area contributed by atoms with Crippen LogP contribution >= 0.6 is 0 Å². The average molecular weight is 393 g/mol. The van der Waals surface area contributed by atoms with Gasteiger partial charge in [-0.3, -0.25) is 9.48 Å². The quantitative estimate of drug-likeness (QED) is 0.404. The number of para-hydroxylation sites is 1. The van der Waals surface area contributed by atoms with E-state index in [0.29, 0.717) is 0 Å². The Labute approximate surface area is 175 Å². The molecule has 0 N–H and O–H groups in total. The Hall–Kier alpha value is -3.79. The van der Waals surface area contributed by atoms with Crippen molar-refractivity contribution in [1.29, 1.82) is 0 Å². The van der Waals surface area contributed by atoms with E-state index in [4.69, 9.17) is 0 Å². The van der Waals surface area contributed by atoms with Crippen LogP contribution < -0.4 is 5.56 Å². The summed E-state index contributed by atoms with van der Waals surface area (Å²) in [5.41, 5.74) is 7.15. The third kappa shape index (κ3) is 2.80. The van der Waals surface area contributed by atoms with Crippen LogP contribution in [0.3, 0.4) is 0 Å². The van der Waals surface area contributed by atoms with Gasteiger partial charge in [-0.2, -0.15) is 0 Å². The maximum atomic E-state index is 13.7. The summed E-state index contributed by atoms with van der Waals surface area (Å²) in [6.07, 6.45) is 2.08. The van der Waals surface area contributed by atoms with Crippen molar-refractivity contribution >= 4 is 10.9 Å². The van der Waals surface area contributed by atoms with Gasteiger partial charge in [-0.1, -0.05) is 54.6 Å². The predicted octanol–water partition coefficient (Wildman–Crippen LogP) is 5.40. The Morgan fingerprint density at radius 1 is 0.733 bits per heavy atom. The molecule has 4 nitrogen and oxygen atoms in total. The highest BCUT2D eigenvalue weighted by Gasteiger charge is 2.22. The molecule has 0 bridgehead atoms. The number of hydrogen-bond donors (Lipinski definition) is 0. The molecular formula is C26H23N3O. The van der Waals surface area contributed by atoms with Gasteiger partial charge in [0.25, 0.3) is 5.56 Å². The minimum absolute atomic E-state index is 0.0133. The number of benzene rings is 3. The van der Waals surface area contributed by atoms with Crippen molar-refractivity contribution in [2.24, 2.45) is 7.05 Å². The Morgan fingerprint density at radius 2 is 1.33 bits per heavy atom. The van der Waals surface area contributed by atoms with E-state index in [0.717, 1.165) is 33.5 Å². The van der Waals surface area contributed by atoms with E-state index in [2.05, 4.69) is 54.9 Å². The van der Waals surface area contributed by atoms with Gasteiger partial charge < -0.3 is 4.57 Å². The van der Waals surface area contributed by atoms with Crippen LogP contribution in [0.4, 0.5) is 0 Å². The zero-order valence-electron chi connectivity index (χ0n) is 17.3. The lowest BCUT2D eigenvalue weighted by Crippen LogP contribution is -2.20. The van der Waals surface area contributed by atoms with Gasteiger partial charge >= 0.3 is 0 Å². The van der Waals surface area contributed by atoms with E-state index >= 15 is 0 Å². The zero-order valence-corrected chi connectivity index (χ0v) is 17.3. The molecule has 30 heavy (non-hydrogen) atoms. The smallest absolute Gasteiger partial charge is 0.281 e. The van der Waals surface area contributed by atoms with Gasteiger partial charge in [0.15, 0.2) is 0 Å². The molecule has 5 aromatic rings. The van der Waals surface area contributed by atoms with E-state index in [-0.39, 0.29) is 5.56 Å². The number of aromatic nitrogens is 3. The normalized spacial score (nSPS) is 11.3. The molecule has 0 radical (unpaired) electrons. The molecule has 0 amide bonds. The molecule has 148 valence electrons. The van der Waals surface area contributed by atoms with E-state index in [1.54, 1.807) is 4.68 Å². The second kappa shape index (κ2) is 6.92. The van der Waals surface area contributed by atoms with Crippen LogP contribution in [0, 0.1) is 13.8 Å². The third-order valence-electron chi connectivity index (χ3n) is 5.57. The van der Waals surface area contributed by atoms with Crippen molar-refractivity contribution in [3.63, 3.8) is 0 Å². The summed E-state index contributed by atoms with van der Waals surface area (Å²) in [5, 5.41) is 0.728. The van der Waals surface area contributed by atoms with Crippen molar-refractivity contribution in [3.05, 3.63) is 107 Å². The first-order valence-electron chi connectivity index (χ1n) is 10.1. The summed E-state index contributed by atoms with van der Waals surface area (Å²) in [5.74, 6) is 0. The highest BCUT2D eigenvalue weighted by Crippen LogP contribution is 2.32. The fourth-order valence-electron chi connectivity index (χ4n) is 4.33. The monoisotopic (exact) mass is 393 g/mol. The van der Waals surface area contributed by atoms with Crippen LogP contribution in [0.1, 0.15) is 11.1 Å². The van der Waals surface area contributed by atoms with Crippen molar-refractivity contribution in [1.82, 2.24) is 13.9 Å². The number of hydrogen-bond acceptors (Lipinski definition) is 1. The molecule has 0 spiro atoms. The molecule has 0 atom stereocenters. The van der Waals surface area contributed by atoms with Gasteiger partial charge in [0.1, 0.15) is 0 Å². The summed E-state index contributed by atoms with van der Waals surface area (Å²) in [7, 11) is 1.94. The van der Waals surface area contributed by atoms with Gasteiger partial charge in [-0.25, -0.2) is 4.68 Å².